The molecule has 5 N–H and O–H groups in total. The summed E-state index contributed by atoms with van der Waals surface area (Å²) < 4.78 is 16.8. The number of hydrogen-bond donors (Lipinski definition) is 5. The summed E-state index contributed by atoms with van der Waals surface area (Å²) in [5.41, 5.74) is 0.210. The molecule has 1 saturated heterocycles. The Balaban J connectivity index is 0.00000256. The summed E-state index contributed by atoms with van der Waals surface area (Å²) in [4.78, 5) is 11.7. The highest BCUT2D eigenvalue weighted by Crippen LogP contribution is 2.41. The molecular formula is C20H19ClO9. The highest BCUT2D eigenvalue weighted by Gasteiger charge is 2.39. The first kappa shape index (κ1) is 21.9. The van der Waals surface area contributed by atoms with E-state index in [2.05, 4.69) is 0 Å². The quantitative estimate of drug-likeness (QED) is 0.404. The topological polar surface area (TPSA) is 150 Å². The van der Waals surface area contributed by atoms with Crippen molar-refractivity contribution < 1.29 is 39.4 Å². The Morgan fingerprint density at radius 3 is 2.37 bits per heavy atom. The van der Waals surface area contributed by atoms with Crippen molar-refractivity contribution >= 4 is 12.4 Å². The van der Waals surface area contributed by atoms with E-state index >= 15 is 0 Å². The van der Waals surface area contributed by atoms with E-state index in [9.17, 15) is 30.3 Å². The van der Waals surface area contributed by atoms with Gasteiger partial charge in [0, 0.05) is 17.7 Å². The summed E-state index contributed by atoms with van der Waals surface area (Å²) in [6.45, 7) is -0.257. The summed E-state index contributed by atoms with van der Waals surface area (Å²) in [5, 5.41) is 49.3. The molecule has 0 bridgehead atoms. The second-order valence-electron chi connectivity index (χ2n) is 6.71. The Kier molecular flexibility index (Phi) is 6.20. The van der Waals surface area contributed by atoms with Crippen molar-refractivity contribution in [3.63, 3.8) is 0 Å². The van der Waals surface area contributed by atoms with Crippen LogP contribution in [0.4, 0.5) is 0 Å². The first-order valence-electron chi connectivity index (χ1n) is 8.76. The highest BCUT2D eigenvalue weighted by molar-refractivity contribution is 5.85. The average molecular weight is 439 g/mol. The molecule has 4 atom stereocenters. The molecule has 0 unspecified atom stereocenters. The van der Waals surface area contributed by atoms with Gasteiger partial charge in [-0.05, 0) is 30.3 Å². The van der Waals surface area contributed by atoms with Crippen molar-refractivity contribution in [3.8, 4) is 39.9 Å². The predicted molar refractivity (Wildman–Crippen MR) is 106 cm³/mol. The van der Waals surface area contributed by atoms with Gasteiger partial charge in [-0.15, -0.1) is 12.4 Å². The van der Waals surface area contributed by atoms with Gasteiger partial charge in [-0.1, -0.05) is 0 Å². The fourth-order valence-electron chi connectivity index (χ4n) is 3.08. The average Bonchev–Trinajstić information content (AvgIpc) is 2.69. The molecule has 160 valence electrons. The van der Waals surface area contributed by atoms with Gasteiger partial charge in [-0.3, -0.25) is 4.79 Å². The normalized spacial score (nSPS) is 23.7. The number of halogens is 1. The molecule has 4 rings (SSSR count). The van der Waals surface area contributed by atoms with Gasteiger partial charge in [0.1, 0.15) is 35.6 Å². The van der Waals surface area contributed by atoms with E-state index < -0.39 is 30.0 Å². The number of benzene rings is 2. The SMILES string of the molecule is Cl.O=c1cc2oc(-c3ccc(O)cc3)c(O[C@@H]3OC[C@@H](O)[C@H](O)[C@H]3O)cc-2c(O)c1. The zero-order chi connectivity index (χ0) is 20.7. The zero-order valence-corrected chi connectivity index (χ0v) is 16.2. The van der Waals surface area contributed by atoms with Gasteiger partial charge in [0.25, 0.3) is 0 Å². The largest absolute Gasteiger partial charge is 0.508 e. The second-order valence-corrected chi connectivity index (χ2v) is 6.71. The molecule has 2 aliphatic heterocycles. The summed E-state index contributed by atoms with van der Waals surface area (Å²) in [5.74, 6) is -0.00625. The van der Waals surface area contributed by atoms with Crippen molar-refractivity contribution in [3.05, 3.63) is 52.7 Å². The summed E-state index contributed by atoms with van der Waals surface area (Å²) in [6.07, 6.45) is -5.60. The molecule has 0 aromatic heterocycles. The van der Waals surface area contributed by atoms with E-state index in [0.717, 1.165) is 6.07 Å². The Morgan fingerprint density at radius 1 is 0.967 bits per heavy atom. The maximum Gasteiger partial charge on any atom is 0.229 e. The standard InChI is InChI=1S/C20H18O9.ClH/c21-10-3-1-9(2-4-10)19-16(29-20-18(26)17(25)14(24)8-27-20)7-12-13(23)5-11(22)6-15(12)28-19;/h1-7,14,17-18,20-21,23-26H,8H2;1H/t14-,17+,18-,20+;/m1./s1. The van der Waals surface area contributed by atoms with Crippen LogP contribution >= 0.6 is 12.4 Å². The van der Waals surface area contributed by atoms with Crippen molar-refractivity contribution in [2.24, 2.45) is 0 Å². The molecule has 2 heterocycles. The van der Waals surface area contributed by atoms with Crippen LogP contribution in [-0.2, 0) is 4.74 Å². The smallest absolute Gasteiger partial charge is 0.229 e. The van der Waals surface area contributed by atoms with Gasteiger partial charge in [-0.2, -0.15) is 0 Å². The lowest BCUT2D eigenvalue weighted by molar-refractivity contribution is -0.242. The van der Waals surface area contributed by atoms with Crippen LogP contribution in [0.2, 0.25) is 0 Å². The number of fused-ring (bicyclic) bond motifs is 1. The predicted octanol–water partition coefficient (Wildman–Crippen LogP) is 1.06. The Hall–Kier alpha value is -2.82. The fourth-order valence-corrected chi connectivity index (χ4v) is 3.08. The first-order valence-corrected chi connectivity index (χ1v) is 8.76. The second kappa shape index (κ2) is 8.50. The minimum atomic E-state index is -1.54. The number of phenolic OH excluding ortho intramolecular Hbond substituents is 2. The molecule has 30 heavy (non-hydrogen) atoms. The highest BCUT2D eigenvalue weighted by atomic mass is 35.5. The third kappa shape index (κ3) is 4.07. The molecule has 1 aromatic rings. The van der Waals surface area contributed by atoms with Gasteiger partial charge in [0.05, 0.1) is 12.2 Å². The van der Waals surface area contributed by atoms with E-state index in [4.69, 9.17) is 13.9 Å². The number of phenols is 2. The van der Waals surface area contributed by atoms with Gasteiger partial charge in [0.2, 0.25) is 6.29 Å². The van der Waals surface area contributed by atoms with Gasteiger partial charge in [0.15, 0.2) is 16.9 Å². The number of aromatic hydroxyl groups is 2. The molecule has 1 aliphatic carbocycles. The molecule has 1 fully saturated rings. The van der Waals surface area contributed by atoms with E-state index in [1.807, 2.05) is 0 Å². The van der Waals surface area contributed by atoms with Crippen LogP contribution in [0.3, 0.4) is 0 Å². The monoisotopic (exact) mass is 438 g/mol. The van der Waals surface area contributed by atoms with E-state index in [-0.39, 0.29) is 53.3 Å². The molecule has 0 amide bonds. The number of aliphatic hydroxyl groups excluding tert-OH is 3. The number of hydrogen-bond acceptors (Lipinski definition) is 9. The van der Waals surface area contributed by atoms with Crippen LogP contribution in [0.15, 0.2) is 51.7 Å². The third-order valence-corrected chi connectivity index (χ3v) is 4.63. The molecule has 0 radical (unpaired) electrons. The zero-order valence-electron chi connectivity index (χ0n) is 15.3. The number of ether oxygens (including phenoxy) is 2. The number of aliphatic hydroxyl groups is 3. The van der Waals surface area contributed by atoms with Crippen LogP contribution in [0.25, 0.3) is 22.6 Å². The Labute approximate surface area is 176 Å². The lowest BCUT2D eigenvalue weighted by Gasteiger charge is -2.35. The lowest BCUT2D eigenvalue weighted by atomic mass is 10.0. The maximum absolute atomic E-state index is 11.7. The third-order valence-electron chi connectivity index (χ3n) is 4.63. The van der Waals surface area contributed by atoms with E-state index in [0.29, 0.717) is 5.56 Å². The maximum atomic E-state index is 11.7. The fraction of sp³-hybridized carbons (Fsp3) is 0.250. The molecule has 10 heteroatoms. The van der Waals surface area contributed by atoms with Crippen LogP contribution in [0.5, 0.6) is 17.2 Å². The summed E-state index contributed by atoms with van der Waals surface area (Å²) in [6, 6.07) is 9.57. The summed E-state index contributed by atoms with van der Waals surface area (Å²) in [7, 11) is 0. The molecule has 9 nitrogen and oxygen atoms in total. The molecule has 0 spiro atoms. The Bertz CT molecular complexity index is 1050. The molecule has 0 saturated carbocycles. The van der Waals surface area contributed by atoms with Crippen LogP contribution in [-0.4, -0.2) is 56.7 Å². The molecular weight excluding hydrogens is 420 g/mol. The van der Waals surface area contributed by atoms with Crippen molar-refractivity contribution in [2.75, 3.05) is 6.61 Å². The molecule has 1 aromatic carbocycles. The minimum absolute atomic E-state index is 0. The van der Waals surface area contributed by atoms with Crippen molar-refractivity contribution in [1.82, 2.24) is 0 Å². The van der Waals surface area contributed by atoms with Gasteiger partial charge >= 0.3 is 0 Å². The lowest BCUT2D eigenvalue weighted by Crippen LogP contribution is -2.54. The van der Waals surface area contributed by atoms with Crippen LogP contribution in [0.1, 0.15) is 0 Å². The van der Waals surface area contributed by atoms with Crippen LogP contribution in [0, 0.1) is 0 Å². The first-order chi connectivity index (χ1) is 13.8. The van der Waals surface area contributed by atoms with Gasteiger partial charge in [-0.25, -0.2) is 0 Å². The number of rotatable bonds is 3. The van der Waals surface area contributed by atoms with Crippen molar-refractivity contribution in [1.29, 1.82) is 0 Å². The Morgan fingerprint density at radius 2 is 1.67 bits per heavy atom. The summed E-state index contributed by atoms with van der Waals surface area (Å²) >= 11 is 0. The van der Waals surface area contributed by atoms with E-state index in [1.54, 1.807) is 12.1 Å². The van der Waals surface area contributed by atoms with Gasteiger partial charge < -0.3 is 39.4 Å². The van der Waals surface area contributed by atoms with Crippen LogP contribution < -0.4 is 10.2 Å². The van der Waals surface area contributed by atoms with E-state index in [1.165, 1.54) is 24.3 Å². The molecule has 3 aliphatic rings. The minimum Gasteiger partial charge on any atom is -0.508 e. The van der Waals surface area contributed by atoms with Crippen molar-refractivity contribution in [2.45, 2.75) is 24.6 Å².